The van der Waals surface area contributed by atoms with Gasteiger partial charge in [0.05, 0.1) is 0 Å². The molecule has 3 N–H and O–H groups in total. The fraction of sp³-hybridized carbons (Fsp3) is 0.250. The van der Waals surface area contributed by atoms with Crippen LogP contribution in [-0.4, -0.2) is 17.4 Å². The number of amides is 1. The van der Waals surface area contributed by atoms with Gasteiger partial charge in [-0.15, -0.1) is 0 Å². The van der Waals surface area contributed by atoms with Crippen LogP contribution in [0, 0.1) is 0 Å². The molecule has 110 valence electrons. The van der Waals surface area contributed by atoms with Gasteiger partial charge < -0.3 is 15.6 Å². The van der Waals surface area contributed by atoms with E-state index in [0.29, 0.717) is 5.56 Å². The molecule has 0 aliphatic heterocycles. The minimum absolute atomic E-state index is 0.130. The molecule has 0 aliphatic carbocycles. The molecule has 5 nitrogen and oxygen atoms in total. The summed E-state index contributed by atoms with van der Waals surface area (Å²) in [5.74, 6) is -0.294. The lowest BCUT2D eigenvalue weighted by molar-refractivity contribution is 0.102. The van der Waals surface area contributed by atoms with Crippen molar-refractivity contribution in [1.29, 1.82) is 0 Å². The van der Waals surface area contributed by atoms with Crippen molar-refractivity contribution in [2.75, 3.05) is 11.9 Å². The normalized spacial score (nSPS) is 11.9. The van der Waals surface area contributed by atoms with Crippen LogP contribution in [0.4, 0.5) is 5.69 Å². The highest BCUT2D eigenvalue weighted by Gasteiger charge is 2.12. The summed E-state index contributed by atoms with van der Waals surface area (Å²) in [5, 5.41) is 6.18. The van der Waals surface area contributed by atoms with E-state index >= 15 is 0 Å². The van der Waals surface area contributed by atoms with Crippen molar-refractivity contribution in [3.63, 3.8) is 0 Å². The molecule has 1 amide bonds. The molecule has 0 saturated carbocycles. The highest BCUT2D eigenvalue weighted by molar-refractivity contribution is 6.04. The van der Waals surface area contributed by atoms with Crippen LogP contribution in [0.5, 0.6) is 0 Å². The van der Waals surface area contributed by atoms with Crippen LogP contribution in [0.1, 0.15) is 35.8 Å². The van der Waals surface area contributed by atoms with Crippen LogP contribution in [0.3, 0.4) is 0 Å². The number of aromatic nitrogens is 1. The summed E-state index contributed by atoms with van der Waals surface area (Å²) in [5.41, 5.74) is 1.80. The molecule has 21 heavy (non-hydrogen) atoms. The maximum Gasteiger partial charge on any atom is 0.255 e. The number of rotatable bonds is 5. The number of anilines is 1. The molecule has 2 aromatic rings. The summed E-state index contributed by atoms with van der Waals surface area (Å²) < 4.78 is 0. The van der Waals surface area contributed by atoms with Gasteiger partial charge in [0.25, 0.3) is 5.91 Å². The van der Waals surface area contributed by atoms with Crippen molar-refractivity contribution in [2.45, 2.75) is 19.9 Å². The Labute approximate surface area is 123 Å². The van der Waals surface area contributed by atoms with Crippen molar-refractivity contribution in [3.05, 3.63) is 64.1 Å². The van der Waals surface area contributed by atoms with Gasteiger partial charge in [0.1, 0.15) is 0 Å². The van der Waals surface area contributed by atoms with Crippen LogP contribution in [0.15, 0.2) is 47.4 Å². The number of hydrogen-bond acceptors (Lipinski definition) is 3. The zero-order chi connectivity index (χ0) is 15.2. The summed E-state index contributed by atoms with van der Waals surface area (Å²) in [6.45, 7) is 4.92. The SMILES string of the molecule is CCNC(C)c1ccccc1NC(=O)c1cc[nH]c(=O)c1. The molecule has 1 aromatic heterocycles. The fourth-order valence-electron chi connectivity index (χ4n) is 2.18. The lowest BCUT2D eigenvalue weighted by atomic mass is 10.1. The molecule has 0 bridgehead atoms. The second-order valence-electron chi connectivity index (χ2n) is 4.76. The Morgan fingerprint density at radius 2 is 2.05 bits per heavy atom. The molecule has 1 atom stereocenters. The van der Waals surface area contributed by atoms with Crippen molar-refractivity contribution in [3.8, 4) is 0 Å². The van der Waals surface area contributed by atoms with Gasteiger partial charge in [0.15, 0.2) is 0 Å². The number of nitrogens with one attached hydrogen (secondary N) is 3. The third-order valence-electron chi connectivity index (χ3n) is 3.22. The zero-order valence-electron chi connectivity index (χ0n) is 12.1. The van der Waals surface area contributed by atoms with Gasteiger partial charge in [-0.25, -0.2) is 0 Å². The van der Waals surface area contributed by atoms with Gasteiger partial charge in [-0.3, -0.25) is 9.59 Å². The van der Waals surface area contributed by atoms with Crippen LogP contribution >= 0.6 is 0 Å². The molecule has 0 saturated heterocycles. The Morgan fingerprint density at radius 1 is 1.29 bits per heavy atom. The number of H-pyrrole nitrogens is 1. The van der Waals surface area contributed by atoms with E-state index in [0.717, 1.165) is 17.8 Å². The number of hydrogen-bond donors (Lipinski definition) is 3. The second-order valence-corrected chi connectivity index (χ2v) is 4.76. The van der Waals surface area contributed by atoms with Crippen molar-refractivity contribution in [2.24, 2.45) is 0 Å². The largest absolute Gasteiger partial charge is 0.329 e. The van der Waals surface area contributed by atoms with Gasteiger partial charge >= 0.3 is 0 Å². The van der Waals surface area contributed by atoms with E-state index in [1.54, 1.807) is 6.07 Å². The lowest BCUT2D eigenvalue weighted by Gasteiger charge is -2.17. The number of pyridine rings is 1. The lowest BCUT2D eigenvalue weighted by Crippen LogP contribution is -2.21. The van der Waals surface area contributed by atoms with E-state index in [1.165, 1.54) is 12.3 Å². The van der Waals surface area contributed by atoms with E-state index in [1.807, 2.05) is 38.1 Å². The van der Waals surface area contributed by atoms with Crippen LogP contribution < -0.4 is 16.2 Å². The Morgan fingerprint density at radius 3 is 2.76 bits per heavy atom. The van der Waals surface area contributed by atoms with Crippen molar-refractivity contribution >= 4 is 11.6 Å². The number of carbonyl (C=O) groups excluding carboxylic acids is 1. The second kappa shape index (κ2) is 6.85. The summed E-state index contributed by atoms with van der Waals surface area (Å²) in [6, 6.07) is 10.6. The van der Waals surface area contributed by atoms with Crippen molar-refractivity contribution in [1.82, 2.24) is 10.3 Å². The van der Waals surface area contributed by atoms with E-state index in [2.05, 4.69) is 15.6 Å². The number of aromatic amines is 1. The summed E-state index contributed by atoms with van der Waals surface area (Å²) in [6.07, 6.45) is 1.46. The minimum atomic E-state index is -0.294. The maximum atomic E-state index is 12.2. The molecule has 1 heterocycles. The molecule has 0 spiro atoms. The zero-order valence-corrected chi connectivity index (χ0v) is 12.1. The van der Waals surface area contributed by atoms with E-state index in [-0.39, 0.29) is 17.5 Å². The first-order chi connectivity index (χ1) is 10.1. The third kappa shape index (κ3) is 3.79. The Bertz CT molecular complexity index is 679. The van der Waals surface area contributed by atoms with Gasteiger partial charge in [0.2, 0.25) is 5.56 Å². The van der Waals surface area contributed by atoms with E-state index < -0.39 is 0 Å². The van der Waals surface area contributed by atoms with Gasteiger partial charge in [-0.2, -0.15) is 0 Å². The average molecular weight is 285 g/mol. The minimum Gasteiger partial charge on any atom is -0.329 e. The molecular weight excluding hydrogens is 266 g/mol. The summed E-state index contributed by atoms with van der Waals surface area (Å²) >= 11 is 0. The monoisotopic (exact) mass is 285 g/mol. The molecule has 1 aromatic carbocycles. The molecule has 0 aliphatic rings. The number of benzene rings is 1. The quantitative estimate of drug-likeness (QED) is 0.789. The smallest absolute Gasteiger partial charge is 0.255 e. The number of para-hydroxylation sites is 1. The first-order valence-corrected chi connectivity index (χ1v) is 6.94. The van der Waals surface area contributed by atoms with E-state index in [4.69, 9.17) is 0 Å². The molecule has 0 fully saturated rings. The van der Waals surface area contributed by atoms with Crippen LogP contribution in [-0.2, 0) is 0 Å². The first kappa shape index (κ1) is 15.0. The predicted octanol–water partition coefficient (Wildman–Crippen LogP) is 2.30. The van der Waals surface area contributed by atoms with Gasteiger partial charge in [0, 0.05) is 29.6 Å². The Hall–Kier alpha value is -2.40. The molecular formula is C16H19N3O2. The standard InChI is InChI=1S/C16H19N3O2/c1-3-17-11(2)13-6-4-5-7-14(13)19-16(21)12-8-9-18-15(20)10-12/h4-11,17H,3H2,1-2H3,(H,18,20)(H,19,21). The molecule has 5 heteroatoms. The van der Waals surface area contributed by atoms with Crippen LogP contribution in [0.25, 0.3) is 0 Å². The summed E-state index contributed by atoms with van der Waals surface area (Å²) in [4.78, 5) is 26.0. The average Bonchev–Trinajstić information content (AvgIpc) is 2.48. The first-order valence-electron chi connectivity index (χ1n) is 6.94. The maximum absolute atomic E-state index is 12.2. The Balaban J connectivity index is 2.23. The predicted molar refractivity (Wildman–Crippen MR) is 83.5 cm³/mol. The third-order valence-corrected chi connectivity index (χ3v) is 3.22. The molecule has 1 unspecified atom stereocenters. The fourth-order valence-corrected chi connectivity index (χ4v) is 2.18. The van der Waals surface area contributed by atoms with Gasteiger partial charge in [-0.1, -0.05) is 25.1 Å². The topological polar surface area (TPSA) is 74.0 Å². The highest BCUT2D eigenvalue weighted by Crippen LogP contribution is 2.22. The van der Waals surface area contributed by atoms with Crippen LogP contribution in [0.2, 0.25) is 0 Å². The Kier molecular flexibility index (Phi) is 4.90. The highest BCUT2D eigenvalue weighted by atomic mass is 16.2. The van der Waals surface area contributed by atoms with Crippen molar-refractivity contribution < 1.29 is 4.79 Å². The molecule has 2 rings (SSSR count). The number of carbonyl (C=O) groups is 1. The van der Waals surface area contributed by atoms with E-state index in [9.17, 15) is 9.59 Å². The summed E-state index contributed by atoms with van der Waals surface area (Å²) in [7, 11) is 0. The molecule has 0 radical (unpaired) electrons. The van der Waals surface area contributed by atoms with Gasteiger partial charge in [-0.05, 0) is 31.2 Å².